The van der Waals surface area contributed by atoms with E-state index in [2.05, 4.69) is 10.2 Å². The number of hydrogen-bond acceptors (Lipinski definition) is 4. The number of carbonyl (C=O) groups is 1. The number of amides is 1. The summed E-state index contributed by atoms with van der Waals surface area (Å²) in [5.41, 5.74) is 5.43. The van der Waals surface area contributed by atoms with Crippen LogP contribution in [-0.4, -0.2) is 57.2 Å². The second kappa shape index (κ2) is 6.83. The van der Waals surface area contributed by atoms with Crippen LogP contribution in [0.5, 0.6) is 0 Å². The smallest absolute Gasteiger partial charge is 0.234 e. The van der Waals surface area contributed by atoms with Gasteiger partial charge in [-0.1, -0.05) is 0 Å². The van der Waals surface area contributed by atoms with Crippen molar-refractivity contribution in [3.8, 4) is 0 Å². The van der Waals surface area contributed by atoms with E-state index in [0.717, 1.165) is 39.1 Å². The SMILES string of the molecule is CN(C)CCNC(C(N)=O)C1CCOCC1. The molecule has 3 N–H and O–H groups in total. The first-order chi connectivity index (χ1) is 7.61. The fourth-order valence-electron chi connectivity index (χ4n) is 1.99. The van der Waals surface area contributed by atoms with E-state index in [1.807, 2.05) is 14.1 Å². The normalized spacial score (nSPS) is 19.9. The van der Waals surface area contributed by atoms with Crippen LogP contribution in [0.3, 0.4) is 0 Å². The van der Waals surface area contributed by atoms with Gasteiger partial charge in [0.05, 0.1) is 6.04 Å². The summed E-state index contributed by atoms with van der Waals surface area (Å²) in [6.07, 6.45) is 1.84. The van der Waals surface area contributed by atoms with E-state index < -0.39 is 0 Å². The van der Waals surface area contributed by atoms with E-state index in [4.69, 9.17) is 10.5 Å². The van der Waals surface area contributed by atoms with Crippen LogP contribution in [-0.2, 0) is 9.53 Å². The first-order valence-electron chi connectivity index (χ1n) is 5.86. The number of nitrogens with zero attached hydrogens (tertiary/aromatic N) is 1. The van der Waals surface area contributed by atoms with Crippen LogP contribution in [0.1, 0.15) is 12.8 Å². The third-order valence-corrected chi connectivity index (χ3v) is 2.97. The van der Waals surface area contributed by atoms with Crippen molar-refractivity contribution in [1.29, 1.82) is 0 Å². The minimum absolute atomic E-state index is 0.205. The minimum Gasteiger partial charge on any atom is -0.381 e. The molecule has 0 aromatic rings. The van der Waals surface area contributed by atoms with Crippen LogP contribution < -0.4 is 11.1 Å². The van der Waals surface area contributed by atoms with E-state index in [1.54, 1.807) is 0 Å². The van der Waals surface area contributed by atoms with E-state index in [0.29, 0.717) is 5.92 Å². The molecule has 5 nitrogen and oxygen atoms in total. The molecule has 1 aliphatic heterocycles. The summed E-state index contributed by atoms with van der Waals surface area (Å²) in [7, 11) is 4.02. The summed E-state index contributed by atoms with van der Waals surface area (Å²) in [4.78, 5) is 13.5. The van der Waals surface area contributed by atoms with Gasteiger partial charge in [-0.05, 0) is 32.9 Å². The Balaban J connectivity index is 2.37. The molecule has 1 aliphatic rings. The number of nitrogens with two attached hydrogens (primary N) is 1. The summed E-state index contributed by atoms with van der Waals surface area (Å²) in [6.45, 7) is 3.18. The first kappa shape index (κ1) is 13.4. The lowest BCUT2D eigenvalue weighted by atomic mass is 9.91. The molecule has 1 amide bonds. The zero-order valence-electron chi connectivity index (χ0n) is 10.2. The molecule has 1 fully saturated rings. The van der Waals surface area contributed by atoms with E-state index >= 15 is 0 Å². The Morgan fingerprint density at radius 1 is 1.50 bits per heavy atom. The maximum atomic E-state index is 11.4. The predicted octanol–water partition coefficient (Wildman–Crippen LogP) is -0.582. The van der Waals surface area contributed by atoms with Crippen LogP contribution in [0.2, 0.25) is 0 Å². The number of ether oxygens (including phenoxy) is 1. The van der Waals surface area contributed by atoms with Gasteiger partial charge >= 0.3 is 0 Å². The molecule has 0 saturated carbocycles. The summed E-state index contributed by atoms with van der Waals surface area (Å²) in [6, 6.07) is -0.205. The van der Waals surface area contributed by atoms with Gasteiger partial charge in [-0.25, -0.2) is 0 Å². The molecule has 5 heteroatoms. The lowest BCUT2D eigenvalue weighted by Gasteiger charge is -2.29. The van der Waals surface area contributed by atoms with Crippen molar-refractivity contribution in [3.05, 3.63) is 0 Å². The van der Waals surface area contributed by atoms with Gasteiger partial charge in [0.2, 0.25) is 5.91 Å². The molecule has 0 aliphatic carbocycles. The summed E-state index contributed by atoms with van der Waals surface area (Å²) >= 11 is 0. The molecule has 0 aromatic carbocycles. The van der Waals surface area contributed by atoms with Gasteiger partial charge in [-0.3, -0.25) is 4.79 Å². The minimum atomic E-state index is -0.245. The first-order valence-corrected chi connectivity index (χ1v) is 5.86. The number of nitrogens with one attached hydrogen (secondary N) is 1. The zero-order chi connectivity index (χ0) is 12.0. The Bertz CT molecular complexity index is 215. The molecular formula is C11H23N3O2. The van der Waals surface area contributed by atoms with Crippen molar-refractivity contribution in [1.82, 2.24) is 10.2 Å². The Morgan fingerprint density at radius 2 is 2.12 bits per heavy atom. The predicted molar refractivity (Wildman–Crippen MR) is 63.1 cm³/mol. The molecule has 1 atom stereocenters. The Kier molecular flexibility index (Phi) is 5.73. The third kappa shape index (κ3) is 4.47. The standard InChI is InChI=1S/C11H23N3O2/c1-14(2)6-5-13-10(11(12)15)9-3-7-16-8-4-9/h9-10,13H,3-8H2,1-2H3,(H2,12,15). The van der Waals surface area contributed by atoms with Gasteiger partial charge in [-0.15, -0.1) is 0 Å². The van der Waals surface area contributed by atoms with Crippen LogP contribution in [0.25, 0.3) is 0 Å². The molecule has 1 heterocycles. The fourth-order valence-corrected chi connectivity index (χ4v) is 1.99. The molecule has 0 radical (unpaired) electrons. The molecule has 1 saturated heterocycles. The monoisotopic (exact) mass is 229 g/mol. The number of primary amides is 1. The second-order valence-electron chi connectivity index (χ2n) is 4.59. The maximum Gasteiger partial charge on any atom is 0.234 e. The lowest BCUT2D eigenvalue weighted by molar-refractivity contribution is -0.122. The van der Waals surface area contributed by atoms with Gasteiger partial charge < -0.3 is 20.7 Å². The quantitative estimate of drug-likeness (QED) is 0.639. The highest BCUT2D eigenvalue weighted by Gasteiger charge is 2.27. The highest BCUT2D eigenvalue weighted by atomic mass is 16.5. The molecule has 0 bridgehead atoms. The van der Waals surface area contributed by atoms with Crippen LogP contribution in [0, 0.1) is 5.92 Å². The number of likely N-dealkylation sites (N-methyl/N-ethyl adjacent to an activating group) is 1. The van der Waals surface area contributed by atoms with Crippen molar-refractivity contribution in [3.63, 3.8) is 0 Å². The number of carbonyl (C=O) groups excluding carboxylic acids is 1. The average Bonchev–Trinajstić information content (AvgIpc) is 2.25. The summed E-state index contributed by atoms with van der Waals surface area (Å²) in [5, 5.41) is 3.25. The molecule has 0 aromatic heterocycles. The molecule has 16 heavy (non-hydrogen) atoms. The average molecular weight is 229 g/mol. The Hall–Kier alpha value is -0.650. The van der Waals surface area contributed by atoms with Gasteiger partial charge in [0.25, 0.3) is 0 Å². The van der Waals surface area contributed by atoms with Crippen molar-refractivity contribution >= 4 is 5.91 Å². The number of hydrogen-bond donors (Lipinski definition) is 2. The third-order valence-electron chi connectivity index (χ3n) is 2.97. The summed E-state index contributed by atoms with van der Waals surface area (Å²) in [5.74, 6) is 0.0825. The Labute approximate surface area is 97.3 Å². The van der Waals surface area contributed by atoms with Crippen molar-refractivity contribution in [2.75, 3.05) is 40.4 Å². The van der Waals surface area contributed by atoms with Crippen LogP contribution in [0.4, 0.5) is 0 Å². The lowest BCUT2D eigenvalue weighted by Crippen LogP contribution is -2.49. The second-order valence-corrected chi connectivity index (χ2v) is 4.59. The van der Waals surface area contributed by atoms with Gasteiger partial charge in [0.1, 0.15) is 0 Å². The van der Waals surface area contributed by atoms with Gasteiger partial charge in [0.15, 0.2) is 0 Å². The topological polar surface area (TPSA) is 67.6 Å². The van der Waals surface area contributed by atoms with E-state index in [1.165, 1.54) is 0 Å². The fraction of sp³-hybridized carbons (Fsp3) is 0.909. The van der Waals surface area contributed by atoms with E-state index in [-0.39, 0.29) is 11.9 Å². The molecule has 94 valence electrons. The van der Waals surface area contributed by atoms with Crippen LogP contribution in [0.15, 0.2) is 0 Å². The molecule has 1 rings (SSSR count). The largest absolute Gasteiger partial charge is 0.381 e. The van der Waals surface area contributed by atoms with Crippen molar-refractivity contribution in [2.45, 2.75) is 18.9 Å². The number of rotatable bonds is 6. The molecule has 0 spiro atoms. The zero-order valence-corrected chi connectivity index (χ0v) is 10.2. The van der Waals surface area contributed by atoms with Gasteiger partial charge in [0, 0.05) is 26.3 Å². The highest BCUT2D eigenvalue weighted by molar-refractivity contribution is 5.80. The summed E-state index contributed by atoms with van der Waals surface area (Å²) < 4.78 is 5.28. The van der Waals surface area contributed by atoms with Crippen LogP contribution >= 0.6 is 0 Å². The maximum absolute atomic E-state index is 11.4. The van der Waals surface area contributed by atoms with Crippen molar-refractivity contribution < 1.29 is 9.53 Å². The molecule has 1 unspecified atom stereocenters. The van der Waals surface area contributed by atoms with Gasteiger partial charge in [-0.2, -0.15) is 0 Å². The molecular weight excluding hydrogens is 206 g/mol. The van der Waals surface area contributed by atoms with E-state index in [9.17, 15) is 4.79 Å². The van der Waals surface area contributed by atoms with Crippen molar-refractivity contribution in [2.24, 2.45) is 11.7 Å². The highest BCUT2D eigenvalue weighted by Crippen LogP contribution is 2.18. The Morgan fingerprint density at radius 3 is 2.62 bits per heavy atom.